The number of aryl methyl sites for hydroxylation is 1. The molecule has 0 saturated carbocycles. The number of anilines is 1. The lowest BCUT2D eigenvalue weighted by molar-refractivity contribution is 0.569. The predicted molar refractivity (Wildman–Crippen MR) is 63.0 cm³/mol. The predicted octanol–water partition coefficient (Wildman–Crippen LogP) is 1.73. The molecule has 0 unspecified atom stereocenters. The van der Waals surface area contributed by atoms with E-state index in [2.05, 4.69) is 20.7 Å². The van der Waals surface area contributed by atoms with Crippen LogP contribution in [-0.2, 0) is 10.2 Å². The highest BCUT2D eigenvalue weighted by Gasteiger charge is 2.31. The van der Waals surface area contributed by atoms with Crippen molar-refractivity contribution in [2.24, 2.45) is 0 Å². The van der Waals surface area contributed by atoms with Crippen molar-refractivity contribution >= 4 is 31.8 Å². The lowest BCUT2D eigenvalue weighted by Gasteiger charge is -2.09. The molecule has 1 heterocycles. The van der Waals surface area contributed by atoms with Crippen LogP contribution in [0.3, 0.4) is 0 Å². The summed E-state index contributed by atoms with van der Waals surface area (Å²) in [7, 11) is -3.32. The molecule has 0 atom stereocenters. The highest BCUT2D eigenvalue weighted by atomic mass is 79.9. The maximum atomic E-state index is 11.6. The van der Waals surface area contributed by atoms with Gasteiger partial charge in [-0.25, -0.2) is 0 Å². The van der Waals surface area contributed by atoms with Gasteiger partial charge in [-0.15, -0.1) is 0 Å². The molecule has 6 heteroatoms. The second-order valence-electron chi connectivity index (χ2n) is 3.49. The number of hydrogen-bond donors (Lipinski definition) is 1. The van der Waals surface area contributed by atoms with Gasteiger partial charge in [0.05, 0.1) is 5.69 Å². The Morgan fingerprint density at radius 1 is 1.40 bits per heavy atom. The molecule has 0 aliphatic carbocycles. The summed E-state index contributed by atoms with van der Waals surface area (Å²) in [4.78, 5) is 0. The summed E-state index contributed by atoms with van der Waals surface area (Å²) < 4.78 is 27.8. The van der Waals surface area contributed by atoms with Crippen molar-refractivity contribution in [2.75, 3.05) is 17.8 Å². The van der Waals surface area contributed by atoms with E-state index >= 15 is 0 Å². The Kier molecular flexibility index (Phi) is 2.74. The third-order valence-electron chi connectivity index (χ3n) is 2.11. The second kappa shape index (κ2) is 3.77. The summed E-state index contributed by atoms with van der Waals surface area (Å²) in [6.45, 7) is 3.17. The van der Waals surface area contributed by atoms with Gasteiger partial charge < -0.3 is 0 Å². The summed E-state index contributed by atoms with van der Waals surface area (Å²) in [5.41, 5.74) is 1.66. The minimum atomic E-state index is -3.32. The van der Waals surface area contributed by atoms with Gasteiger partial charge in [0.25, 0.3) is 0 Å². The maximum absolute atomic E-state index is 11.6. The van der Waals surface area contributed by atoms with Crippen LogP contribution in [0.5, 0.6) is 0 Å². The fourth-order valence-corrected chi connectivity index (χ4v) is 3.06. The van der Waals surface area contributed by atoms with Crippen LogP contribution in [0, 0.1) is 6.92 Å². The molecule has 0 bridgehead atoms. The number of hydrogen-bond acceptors (Lipinski definition) is 2. The summed E-state index contributed by atoms with van der Waals surface area (Å²) in [6.07, 6.45) is 0. The minimum absolute atomic E-state index is 0.576. The Morgan fingerprint density at radius 2 is 2.07 bits per heavy atom. The molecule has 82 valence electrons. The molecule has 0 spiro atoms. The van der Waals surface area contributed by atoms with Crippen LogP contribution in [0.15, 0.2) is 22.7 Å². The van der Waals surface area contributed by atoms with Crippen molar-refractivity contribution in [2.45, 2.75) is 6.92 Å². The van der Waals surface area contributed by atoms with Crippen molar-refractivity contribution in [3.05, 3.63) is 28.2 Å². The minimum Gasteiger partial charge on any atom is -0.270 e. The van der Waals surface area contributed by atoms with E-state index in [1.54, 1.807) is 6.07 Å². The molecule has 0 amide bonds. The molecule has 4 nitrogen and oxygen atoms in total. The molecular formula is C9H11BrN2O2S. The molecule has 1 fully saturated rings. The van der Waals surface area contributed by atoms with Crippen LogP contribution in [0.4, 0.5) is 5.69 Å². The Balaban J connectivity index is 2.24. The van der Waals surface area contributed by atoms with E-state index in [4.69, 9.17) is 0 Å². The van der Waals surface area contributed by atoms with Gasteiger partial charge in [0, 0.05) is 17.6 Å². The SMILES string of the molecule is Cc1ccc(NS(=O)(=O)N2CC2)c(Br)c1. The van der Waals surface area contributed by atoms with E-state index in [1.165, 1.54) is 4.31 Å². The van der Waals surface area contributed by atoms with E-state index in [0.29, 0.717) is 18.8 Å². The van der Waals surface area contributed by atoms with E-state index in [1.807, 2.05) is 19.1 Å². The van der Waals surface area contributed by atoms with Gasteiger partial charge in [-0.05, 0) is 40.5 Å². The smallest absolute Gasteiger partial charge is 0.270 e. The Morgan fingerprint density at radius 3 is 2.60 bits per heavy atom. The Labute approximate surface area is 97.6 Å². The topological polar surface area (TPSA) is 49.2 Å². The van der Waals surface area contributed by atoms with Gasteiger partial charge in [0.1, 0.15) is 0 Å². The normalized spacial score (nSPS) is 16.4. The van der Waals surface area contributed by atoms with Crippen LogP contribution in [0.2, 0.25) is 0 Å². The first kappa shape index (κ1) is 10.9. The van der Waals surface area contributed by atoms with Crippen molar-refractivity contribution < 1.29 is 8.42 Å². The first-order valence-corrected chi connectivity index (χ1v) is 6.76. The number of rotatable bonds is 3. The molecule has 1 saturated heterocycles. The van der Waals surface area contributed by atoms with Crippen LogP contribution >= 0.6 is 15.9 Å². The van der Waals surface area contributed by atoms with Gasteiger partial charge in [0.2, 0.25) is 0 Å². The maximum Gasteiger partial charge on any atom is 0.301 e. The molecule has 1 N–H and O–H groups in total. The Hall–Kier alpha value is -0.590. The van der Waals surface area contributed by atoms with Crippen LogP contribution in [0.25, 0.3) is 0 Å². The fraction of sp³-hybridized carbons (Fsp3) is 0.333. The highest BCUT2D eigenvalue weighted by Crippen LogP contribution is 2.26. The van der Waals surface area contributed by atoms with Crippen molar-refractivity contribution in [1.29, 1.82) is 0 Å². The zero-order chi connectivity index (χ0) is 11.1. The second-order valence-corrected chi connectivity index (χ2v) is 6.01. The molecule has 1 aromatic carbocycles. The van der Waals surface area contributed by atoms with Gasteiger partial charge in [0.15, 0.2) is 0 Å². The first-order valence-electron chi connectivity index (χ1n) is 4.53. The molecule has 2 rings (SSSR count). The largest absolute Gasteiger partial charge is 0.301 e. The van der Waals surface area contributed by atoms with Crippen molar-refractivity contribution in [3.63, 3.8) is 0 Å². The van der Waals surface area contributed by atoms with E-state index in [0.717, 1.165) is 10.0 Å². The van der Waals surface area contributed by atoms with E-state index in [9.17, 15) is 8.42 Å². The Bertz CT molecular complexity index is 483. The van der Waals surface area contributed by atoms with Crippen molar-refractivity contribution in [1.82, 2.24) is 4.31 Å². The van der Waals surface area contributed by atoms with E-state index < -0.39 is 10.2 Å². The molecular weight excluding hydrogens is 280 g/mol. The zero-order valence-corrected chi connectivity index (χ0v) is 10.6. The fourth-order valence-electron chi connectivity index (χ4n) is 1.19. The number of halogens is 1. The third kappa shape index (κ3) is 2.50. The summed E-state index contributed by atoms with van der Waals surface area (Å²) in [6, 6.07) is 5.49. The molecule has 15 heavy (non-hydrogen) atoms. The number of nitrogens with zero attached hydrogens (tertiary/aromatic N) is 1. The molecule has 1 aromatic rings. The molecule has 0 radical (unpaired) electrons. The van der Waals surface area contributed by atoms with Crippen LogP contribution in [-0.4, -0.2) is 25.8 Å². The average Bonchev–Trinajstić information content (AvgIpc) is 2.92. The van der Waals surface area contributed by atoms with E-state index in [-0.39, 0.29) is 0 Å². The van der Waals surface area contributed by atoms with Gasteiger partial charge in [-0.2, -0.15) is 12.7 Å². The zero-order valence-electron chi connectivity index (χ0n) is 8.20. The van der Waals surface area contributed by atoms with Gasteiger partial charge in [-0.3, -0.25) is 4.72 Å². The third-order valence-corrected chi connectivity index (χ3v) is 4.29. The molecule has 1 aliphatic heterocycles. The number of benzene rings is 1. The van der Waals surface area contributed by atoms with Gasteiger partial charge in [-0.1, -0.05) is 6.07 Å². The standard InChI is InChI=1S/C9H11BrN2O2S/c1-7-2-3-9(8(10)6-7)11-15(13,14)12-4-5-12/h2-3,6,11H,4-5H2,1H3. The number of nitrogens with one attached hydrogen (secondary N) is 1. The van der Waals surface area contributed by atoms with Crippen LogP contribution in [0.1, 0.15) is 5.56 Å². The monoisotopic (exact) mass is 290 g/mol. The lowest BCUT2D eigenvalue weighted by atomic mass is 10.2. The summed E-state index contributed by atoms with van der Waals surface area (Å²) in [5.74, 6) is 0. The molecule has 0 aromatic heterocycles. The van der Waals surface area contributed by atoms with Gasteiger partial charge >= 0.3 is 10.2 Å². The first-order chi connectivity index (χ1) is 6.99. The summed E-state index contributed by atoms with van der Waals surface area (Å²) in [5, 5.41) is 0. The highest BCUT2D eigenvalue weighted by molar-refractivity contribution is 9.10. The lowest BCUT2D eigenvalue weighted by Crippen LogP contribution is -2.21. The van der Waals surface area contributed by atoms with Crippen molar-refractivity contribution in [3.8, 4) is 0 Å². The quantitative estimate of drug-likeness (QED) is 0.862. The average molecular weight is 291 g/mol. The summed E-state index contributed by atoms with van der Waals surface area (Å²) >= 11 is 3.32. The molecule has 1 aliphatic rings. The van der Waals surface area contributed by atoms with Crippen LogP contribution < -0.4 is 4.72 Å².